The topological polar surface area (TPSA) is 96.3 Å². The number of benzene rings is 3. The number of fused-ring (bicyclic) bond motifs is 3. The van der Waals surface area contributed by atoms with Crippen molar-refractivity contribution in [1.82, 2.24) is 15.1 Å². The lowest BCUT2D eigenvalue weighted by Gasteiger charge is -2.58. The van der Waals surface area contributed by atoms with Crippen LogP contribution in [0.1, 0.15) is 46.3 Å². The van der Waals surface area contributed by atoms with E-state index in [0.29, 0.717) is 43.5 Å². The SMILES string of the molecule is COc1c(C)c(OC)c2c(c1OCc1ccccc1)[C@H](COCc1ccccc1)N1[C@@H]3[C@H]4[C@H](C[C@H]([C@@H]1C#N)N4C)C(=O)N[C@H]23. The fourth-order valence-electron chi connectivity index (χ4n) is 8.28. The van der Waals surface area contributed by atoms with E-state index < -0.39 is 12.1 Å². The van der Waals surface area contributed by atoms with Crippen LogP contribution in [0.3, 0.4) is 0 Å². The number of nitrogens with one attached hydrogen (secondary N) is 1. The maximum atomic E-state index is 13.7. The molecule has 4 heterocycles. The maximum absolute atomic E-state index is 13.7. The van der Waals surface area contributed by atoms with Crippen LogP contribution in [0.15, 0.2) is 60.7 Å². The number of rotatable bonds is 9. The molecule has 4 aliphatic heterocycles. The van der Waals surface area contributed by atoms with E-state index in [1.807, 2.05) is 67.6 Å². The molecule has 2 bridgehead atoms. The Morgan fingerprint density at radius 3 is 2.20 bits per heavy atom. The smallest absolute Gasteiger partial charge is 0.225 e. The first-order valence-electron chi connectivity index (χ1n) is 15.2. The third-order valence-electron chi connectivity index (χ3n) is 10.1. The number of piperidine rings is 1. The van der Waals surface area contributed by atoms with Crippen molar-refractivity contribution in [3.05, 3.63) is 88.5 Å². The van der Waals surface area contributed by atoms with Gasteiger partial charge in [-0.25, -0.2) is 0 Å². The van der Waals surface area contributed by atoms with Gasteiger partial charge in [0.2, 0.25) is 5.91 Å². The number of piperazine rings is 1. The molecule has 0 spiro atoms. The Balaban J connectivity index is 1.42. The number of amides is 1. The van der Waals surface area contributed by atoms with Crippen LogP contribution < -0.4 is 19.5 Å². The number of nitriles is 1. The van der Waals surface area contributed by atoms with E-state index in [0.717, 1.165) is 27.8 Å². The Morgan fingerprint density at radius 2 is 1.57 bits per heavy atom. The molecule has 4 aliphatic rings. The molecule has 7 rings (SSSR count). The summed E-state index contributed by atoms with van der Waals surface area (Å²) < 4.78 is 25.3. The first-order valence-corrected chi connectivity index (χ1v) is 15.2. The lowest BCUT2D eigenvalue weighted by molar-refractivity contribution is -0.138. The van der Waals surface area contributed by atoms with Crippen LogP contribution in [0.5, 0.6) is 17.2 Å². The van der Waals surface area contributed by atoms with Crippen LogP contribution in [-0.4, -0.2) is 67.7 Å². The van der Waals surface area contributed by atoms with Crippen LogP contribution >= 0.6 is 0 Å². The Morgan fingerprint density at radius 1 is 0.909 bits per heavy atom. The molecule has 0 saturated carbocycles. The highest BCUT2D eigenvalue weighted by Gasteiger charge is 2.65. The van der Waals surface area contributed by atoms with Gasteiger partial charge in [0.15, 0.2) is 11.5 Å². The van der Waals surface area contributed by atoms with Gasteiger partial charge in [0.25, 0.3) is 0 Å². The lowest BCUT2D eigenvalue weighted by atomic mass is 9.73. The van der Waals surface area contributed by atoms with Gasteiger partial charge in [-0.2, -0.15) is 5.26 Å². The Hall–Kier alpha value is -4.10. The summed E-state index contributed by atoms with van der Waals surface area (Å²) in [4.78, 5) is 18.3. The van der Waals surface area contributed by atoms with E-state index in [1.165, 1.54) is 0 Å². The second-order valence-electron chi connectivity index (χ2n) is 12.2. The second-order valence-corrected chi connectivity index (χ2v) is 12.2. The Labute approximate surface area is 258 Å². The minimum Gasteiger partial charge on any atom is -0.496 e. The van der Waals surface area contributed by atoms with Crippen LogP contribution in [0.2, 0.25) is 0 Å². The number of ether oxygens (including phenoxy) is 4. The van der Waals surface area contributed by atoms with Crippen molar-refractivity contribution in [2.75, 3.05) is 27.9 Å². The van der Waals surface area contributed by atoms with Gasteiger partial charge in [-0.15, -0.1) is 0 Å². The fraction of sp³-hybridized carbons (Fsp3) is 0.429. The Kier molecular flexibility index (Phi) is 7.45. The maximum Gasteiger partial charge on any atom is 0.225 e. The predicted octanol–water partition coefficient (Wildman–Crippen LogP) is 4.30. The molecule has 0 unspecified atom stereocenters. The summed E-state index contributed by atoms with van der Waals surface area (Å²) in [7, 11) is 5.36. The molecule has 1 amide bonds. The lowest BCUT2D eigenvalue weighted by Crippen LogP contribution is -2.72. The monoisotopic (exact) mass is 594 g/mol. The van der Waals surface area contributed by atoms with Gasteiger partial charge >= 0.3 is 0 Å². The standard InChI is InChI=1S/C35H38N4O5/c1-20-32(41-3)28-27(34(33(20)42-4)44-18-22-13-9-6-10-14-22)26(19-43-17-21-11-7-5-8-12-21)39-25(16-36)24-15-23-30(38(24)2)31(39)29(28)37-35(23)40/h5-14,23-26,29-31H,15,17-19H2,1-4H3,(H,37,40)/t23-,24+,25-,26-,29+,30+,31-/m0/s1. The van der Waals surface area contributed by atoms with Crippen LogP contribution in [0, 0.1) is 24.2 Å². The van der Waals surface area contributed by atoms with Crippen molar-refractivity contribution < 1.29 is 23.7 Å². The minimum atomic E-state index is -0.444. The number of methoxy groups -OCH3 is 2. The van der Waals surface area contributed by atoms with Crippen LogP contribution in [0.4, 0.5) is 0 Å². The highest BCUT2D eigenvalue weighted by Crippen LogP contribution is 2.59. The van der Waals surface area contributed by atoms with E-state index in [1.54, 1.807) is 14.2 Å². The van der Waals surface area contributed by atoms with Crippen LogP contribution in [0.25, 0.3) is 0 Å². The van der Waals surface area contributed by atoms with Gasteiger partial charge in [-0.1, -0.05) is 60.7 Å². The minimum absolute atomic E-state index is 0.0242. The molecule has 3 aromatic rings. The molecule has 0 aromatic heterocycles. The zero-order valence-electron chi connectivity index (χ0n) is 25.5. The van der Waals surface area contributed by atoms with Gasteiger partial charge in [-0.05, 0) is 31.5 Å². The zero-order chi connectivity index (χ0) is 30.5. The highest BCUT2D eigenvalue weighted by atomic mass is 16.5. The summed E-state index contributed by atoms with van der Waals surface area (Å²) in [5.41, 5.74) is 4.61. The van der Waals surface area contributed by atoms with Gasteiger partial charge in [-0.3, -0.25) is 14.6 Å². The van der Waals surface area contributed by atoms with Crippen molar-refractivity contribution in [2.24, 2.45) is 5.92 Å². The fourth-order valence-corrected chi connectivity index (χ4v) is 8.28. The Bertz CT molecular complexity index is 1590. The van der Waals surface area contributed by atoms with Crippen molar-refractivity contribution >= 4 is 5.91 Å². The molecule has 3 saturated heterocycles. The summed E-state index contributed by atoms with van der Waals surface area (Å²) in [6.45, 7) is 3.04. The molecular formula is C35H38N4O5. The number of hydrogen-bond acceptors (Lipinski definition) is 8. The van der Waals surface area contributed by atoms with Gasteiger partial charge < -0.3 is 24.3 Å². The average molecular weight is 595 g/mol. The molecule has 9 heteroatoms. The largest absolute Gasteiger partial charge is 0.496 e. The number of carbonyl (C=O) groups is 1. The molecule has 3 aromatic carbocycles. The molecule has 7 atom stereocenters. The number of hydrogen-bond donors (Lipinski definition) is 1. The van der Waals surface area contributed by atoms with E-state index in [2.05, 4.69) is 28.2 Å². The quantitative estimate of drug-likeness (QED) is 0.392. The summed E-state index contributed by atoms with van der Waals surface area (Å²) in [5, 5.41) is 14.1. The summed E-state index contributed by atoms with van der Waals surface area (Å²) >= 11 is 0. The first kappa shape index (κ1) is 28.7. The van der Waals surface area contributed by atoms with Crippen molar-refractivity contribution in [1.29, 1.82) is 5.26 Å². The number of nitrogens with zero attached hydrogens (tertiary/aromatic N) is 3. The van der Waals surface area contributed by atoms with E-state index >= 15 is 0 Å². The first-order chi connectivity index (χ1) is 21.5. The molecule has 0 aliphatic carbocycles. The summed E-state index contributed by atoms with van der Waals surface area (Å²) in [5.74, 6) is 1.68. The molecule has 9 nitrogen and oxygen atoms in total. The summed E-state index contributed by atoms with van der Waals surface area (Å²) in [6, 6.07) is 21.3. The number of carbonyl (C=O) groups excluding carboxylic acids is 1. The average Bonchev–Trinajstić information content (AvgIpc) is 3.32. The second kappa shape index (κ2) is 11.4. The van der Waals surface area contributed by atoms with Gasteiger partial charge in [0.1, 0.15) is 18.4 Å². The van der Waals surface area contributed by atoms with Crippen molar-refractivity contribution in [2.45, 2.75) is 62.8 Å². The molecule has 44 heavy (non-hydrogen) atoms. The third-order valence-corrected chi connectivity index (χ3v) is 10.1. The highest BCUT2D eigenvalue weighted by molar-refractivity contribution is 5.83. The molecular weight excluding hydrogens is 556 g/mol. The summed E-state index contributed by atoms with van der Waals surface area (Å²) in [6.07, 6.45) is 0.649. The predicted molar refractivity (Wildman–Crippen MR) is 163 cm³/mol. The molecule has 1 N–H and O–H groups in total. The molecule has 228 valence electrons. The van der Waals surface area contributed by atoms with Gasteiger partial charge in [0.05, 0.1) is 57.5 Å². The van der Waals surface area contributed by atoms with E-state index in [-0.39, 0.29) is 36.0 Å². The molecule has 0 radical (unpaired) electrons. The van der Waals surface area contributed by atoms with E-state index in [9.17, 15) is 10.1 Å². The zero-order valence-corrected chi connectivity index (χ0v) is 25.5. The van der Waals surface area contributed by atoms with Crippen LogP contribution in [-0.2, 0) is 22.7 Å². The number of likely N-dealkylation sites (N-methyl/N-ethyl adjacent to an activating group) is 1. The van der Waals surface area contributed by atoms with Crippen molar-refractivity contribution in [3.63, 3.8) is 0 Å². The van der Waals surface area contributed by atoms with Gasteiger partial charge in [0, 0.05) is 28.8 Å². The molecule has 3 fully saturated rings. The normalized spacial score (nSPS) is 28.5. The van der Waals surface area contributed by atoms with E-state index in [4.69, 9.17) is 18.9 Å². The third kappa shape index (κ3) is 4.35. The van der Waals surface area contributed by atoms with Crippen molar-refractivity contribution in [3.8, 4) is 23.3 Å².